The normalized spacial score (nSPS) is 14.9. The lowest BCUT2D eigenvalue weighted by Crippen LogP contribution is -2.50. The Labute approximate surface area is 158 Å². The fourth-order valence-electron chi connectivity index (χ4n) is 3.21. The van der Waals surface area contributed by atoms with Crippen molar-refractivity contribution in [3.05, 3.63) is 46.5 Å². The van der Waals surface area contributed by atoms with Gasteiger partial charge in [0.1, 0.15) is 6.04 Å². The lowest BCUT2D eigenvalue weighted by molar-refractivity contribution is -0.121. The Balaban J connectivity index is 1.64. The molecule has 0 bridgehead atoms. The zero-order valence-electron chi connectivity index (χ0n) is 15.0. The monoisotopic (exact) mass is 383 g/mol. The maximum absolute atomic E-state index is 12.9. The summed E-state index contributed by atoms with van der Waals surface area (Å²) in [5.41, 5.74) is 1.54. The van der Waals surface area contributed by atoms with E-state index in [0.717, 1.165) is 10.6 Å². The highest BCUT2D eigenvalue weighted by Gasteiger charge is 2.44. The van der Waals surface area contributed by atoms with Gasteiger partial charge in [0.05, 0.1) is 16.8 Å². The summed E-state index contributed by atoms with van der Waals surface area (Å²) in [6.07, 6.45) is 0. The topological polar surface area (TPSA) is 96.7 Å². The molecule has 0 saturated heterocycles. The highest BCUT2D eigenvalue weighted by molar-refractivity contribution is 7.15. The average molecular weight is 383 g/mol. The highest BCUT2D eigenvalue weighted by Crippen LogP contribution is 2.27. The third kappa shape index (κ3) is 2.71. The van der Waals surface area contributed by atoms with Gasteiger partial charge in [-0.1, -0.05) is 26.0 Å². The van der Waals surface area contributed by atoms with E-state index in [2.05, 4.69) is 15.4 Å². The Morgan fingerprint density at radius 3 is 2.33 bits per heavy atom. The molecule has 1 atom stereocenters. The van der Waals surface area contributed by atoms with Crippen LogP contribution in [0.25, 0.3) is 4.96 Å². The zero-order valence-corrected chi connectivity index (χ0v) is 15.8. The second-order valence-electron chi connectivity index (χ2n) is 6.71. The summed E-state index contributed by atoms with van der Waals surface area (Å²) in [5.74, 6) is -1.54. The van der Waals surface area contributed by atoms with Crippen molar-refractivity contribution in [1.29, 1.82) is 0 Å². The van der Waals surface area contributed by atoms with Crippen molar-refractivity contribution >= 4 is 40.0 Å². The molecule has 0 aliphatic carbocycles. The summed E-state index contributed by atoms with van der Waals surface area (Å²) < 4.78 is 1.63. The standard InChI is InChI=1S/C18H17N5O3S/c1-9(2)13(22-15(25)11-6-4-5-7-12(11)16(22)26)14(24)19-17-20-18-23(21-17)10(3)8-27-18/h4-9,13H,1-3H3,(H,19,21,24). The molecular weight excluding hydrogens is 366 g/mol. The first kappa shape index (κ1) is 17.3. The summed E-state index contributed by atoms with van der Waals surface area (Å²) >= 11 is 1.41. The number of anilines is 1. The predicted molar refractivity (Wildman–Crippen MR) is 99.8 cm³/mol. The summed E-state index contributed by atoms with van der Waals surface area (Å²) in [4.78, 5) is 44.4. The lowest BCUT2D eigenvalue weighted by Gasteiger charge is -2.27. The zero-order chi connectivity index (χ0) is 19.3. The van der Waals surface area contributed by atoms with Gasteiger partial charge in [-0.25, -0.2) is 4.52 Å². The van der Waals surface area contributed by atoms with Crippen LogP contribution in [0.2, 0.25) is 0 Å². The first-order valence-corrected chi connectivity index (χ1v) is 9.35. The number of amides is 3. The summed E-state index contributed by atoms with van der Waals surface area (Å²) in [5, 5.41) is 8.82. The van der Waals surface area contributed by atoms with Gasteiger partial charge in [-0.3, -0.25) is 24.6 Å². The number of rotatable bonds is 4. The maximum atomic E-state index is 12.9. The van der Waals surface area contributed by atoms with E-state index in [1.54, 1.807) is 42.6 Å². The van der Waals surface area contributed by atoms with Crippen LogP contribution in [0.15, 0.2) is 29.6 Å². The molecule has 1 aliphatic heterocycles. The van der Waals surface area contributed by atoms with E-state index < -0.39 is 23.8 Å². The van der Waals surface area contributed by atoms with Gasteiger partial charge in [0.15, 0.2) is 0 Å². The molecule has 1 aliphatic rings. The smallest absolute Gasteiger partial charge is 0.262 e. The van der Waals surface area contributed by atoms with Crippen LogP contribution in [0.1, 0.15) is 40.3 Å². The first-order chi connectivity index (χ1) is 12.9. The van der Waals surface area contributed by atoms with Crippen molar-refractivity contribution in [2.24, 2.45) is 5.92 Å². The fraction of sp³-hybridized carbons (Fsp3) is 0.278. The number of nitrogens with one attached hydrogen (secondary N) is 1. The Kier molecular flexibility index (Phi) is 4.03. The molecule has 27 heavy (non-hydrogen) atoms. The van der Waals surface area contributed by atoms with E-state index in [1.165, 1.54) is 11.3 Å². The summed E-state index contributed by atoms with van der Waals surface area (Å²) in [7, 11) is 0. The largest absolute Gasteiger partial charge is 0.291 e. The molecule has 0 saturated carbocycles. The molecule has 0 radical (unpaired) electrons. The second kappa shape index (κ2) is 6.27. The fourth-order valence-corrected chi connectivity index (χ4v) is 4.01. The molecule has 1 N–H and O–H groups in total. The van der Waals surface area contributed by atoms with Gasteiger partial charge in [-0.15, -0.1) is 16.4 Å². The van der Waals surface area contributed by atoms with Gasteiger partial charge in [0.2, 0.25) is 10.9 Å². The molecule has 1 aromatic carbocycles. The quantitative estimate of drug-likeness (QED) is 0.698. The molecule has 2 aromatic heterocycles. The van der Waals surface area contributed by atoms with Crippen LogP contribution < -0.4 is 5.32 Å². The van der Waals surface area contributed by atoms with Crippen LogP contribution in [0, 0.1) is 12.8 Å². The van der Waals surface area contributed by atoms with Gasteiger partial charge in [0.25, 0.3) is 17.8 Å². The number of aryl methyl sites for hydroxylation is 1. The predicted octanol–water partition coefficient (Wildman–Crippen LogP) is 2.36. The number of carbonyl (C=O) groups excluding carboxylic acids is 3. The summed E-state index contributed by atoms with van der Waals surface area (Å²) in [6, 6.07) is 5.63. The number of benzene rings is 1. The van der Waals surface area contributed by atoms with Gasteiger partial charge < -0.3 is 0 Å². The van der Waals surface area contributed by atoms with Crippen LogP contribution in [0.3, 0.4) is 0 Å². The van der Waals surface area contributed by atoms with Gasteiger partial charge in [0, 0.05) is 5.38 Å². The van der Waals surface area contributed by atoms with Crippen LogP contribution in [-0.2, 0) is 4.79 Å². The number of nitrogens with zero attached hydrogens (tertiary/aromatic N) is 4. The Morgan fingerprint density at radius 1 is 1.15 bits per heavy atom. The molecule has 9 heteroatoms. The molecule has 3 amide bonds. The van der Waals surface area contributed by atoms with Gasteiger partial charge >= 0.3 is 0 Å². The average Bonchev–Trinajstić information content (AvgIpc) is 3.25. The highest BCUT2D eigenvalue weighted by atomic mass is 32.1. The minimum absolute atomic E-state index is 0.150. The molecule has 3 aromatic rings. The number of thiazole rings is 1. The van der Waals surface area contributed by atoms with Crippen molar-refractivity contribution in [2.75, 3.05) is 5.32 Å². The Morgan fingerprint density at radius 2 is 1.78 bits per heavy atom. The number of carbonyl (C=O) groups is 3. The maximum Gasteiger partial charge on any atom is 0.262 e. The van der Waals surface area contributed by atoms with E-state index in [0.29, 0.717) is 16.1 Å². The SMILES string of the molecule is Cc1csc2nc(NC(=O)C(C(C)C)N3C(=O)c4ccccc4C3=O)nn12. The number of fused-ring (bicyclic) bond motifs is 2. The van der Waals surface area contributed by atoms with E-state index in [4.69, 9.17) is 0 Å². The molecule has 1 unspecified atom stereocenters. The van der Waals surface area contributed by atoms with E-state index in [1.807, 2.05) is 12.3 Å². The lowest BCUT2D eigenvalue weighted by atomic mass is 10.0. The summed E-state index contributed by atoms with van der Waals surface area (Å²) in [6.45, 7) is 5.47. The van der Waals surface area contributed by atoms with Crippen molar-refractivity contribution in [3.8, 4) is 0 Å². The number of imide groups is 1. The van der Waals surface area contributed by atoms with Crippen molar-refractivity contribution in [2.45, 2.75) is 26.8 Å². The molecular formula is C18H17N5O3S. The third-order valence-corrected chi connectivity index (χ3v) is 5.42. The van der Waals surface area contributed by atoms with Gasteiger partial charge in [-0.2, -0.15) is 4.98 Å². The third-order valence-electron chi connectivity index (χ3n) is 4.49. The molecule has 0 fully saturated rings. The van der Waals surface area contributed by atoms with Crippen LogP contribution in [0.5, 0.6) is 0 Å². The van der Waals surface area contributed by atoms with Gasteiger partial charge in [-0.05, 0) is 25.0 Å². The van der Waals surface area contributed by atoms with E-state index in [9.17, 15) is 14.4 Å². The number of hydrogen-bond donors (Lipinski definition) is 1. The minimum atomic E-state index is -0.958. The van der Waals surface area contributed by atoms with Crippen LogP contribution >= 0.6 is 11.3 Å². The van der Waals surface area contributed by atoms with Crippen molar-refractivity contribution < 1.29 is 14.4 Å². The number of aromatic nitrogens is 3. The Hall–Kier alpha value is -3.07. The van der Waals surface area contributed by atoms with E-state index in [-0.39, 0.29) is 11.9 Å². The van der Waals surface area contributed by atoms with Crippen molar-refractivity contribution in [3.63, 3.8) is 0 Å². The Bertz CT molecular complexity index is 1050. The number of hydrogen-bond acceptors (Lipinski definition) is 6. The minimum Gasteiger partial charge on any atom is -0.291 e. The molecule has 4 rings (SSSR count). The molecule has 138 valence electrons. The second-order valence-corrected chi connectivity index (χ2v) is 7.55. The molecule has 8 nitrogen and oxygen atoms in total. The first-order valence-electron chi connectivity index (χ1n) is 8.47. The molecule has 3 heterocycles. The molecule has 0 spiro atoms. The van der Waals surface area contributed by atoms with E-state index >= 15 is 0 Å². The van der Waals surface area contributed by atoms with Crippen LogP contribution in [-0.4, -0.2) is 43.3 Å². The van der Waals surface area contributed by atoms with Crippen LogP contribution in [0.4, 0.5) is 5.95 Å². The van der Waals surface area contributed by atoms with Crippen molar-refractivity contribution in [1.82, 2.24) is 19.5 Å².